The molecule has 1 aromatic heterocycles. The molecule has 0 fully saturated rings. The maximum atomic E-state index is 13.3. The van der Waals surface area contributed by atoms with Crippen LogP contribution in [0.25, 0.3) is 22.4 Å². The number of rotatable bonds is 6. The fourth-order valence-corrected chi connectivity index (χ4v) is 4.06. The molecular weight excluding hydrogens is 416 g/mol. The zero-order valence-electron chi connectivity index (χ0n) is 18.3. The number of aryl methyl sites for hydroxylation is 1. The smallest absolute Gasteiger partial charge is 0.256 e. The first-order valence-corrected chi connectivity index (χ1v) is 11.5. The molecule has 0 spiro atoms. The van der Waals surface area contributed by atoms with Gasteiger partial charge >= 0.3 is 0 Å². The molecule has 0 bridgehead atoms. The minimum absolute atomic E-state index is 0.153. The van der Waals surface area contributed by atoms with E-state index in [-0.39, 0.29) is 5.91 Å². The minimum atomic E-state index is -0.153. The van der Waals surface area contributed by atoms with E-state index >= 15 is 0 Å². The Morgan fingerprint density at radius 2 is 1.81 bits per heavy atom. The van der Waals surface area contributed by atoms with E-state index in [0.29, 0.717) is 5.56 Å². The number of hydrogen-bond acceptors (Lipinski definition) is 4. The highest BCUT2D eigenvalue weighted by molar-refractivity contribution is 7.98. The largest absolute Gasteiger partial charge is 0.496 e. The van der Waals surface area contributed by atoms with Gasteiger partial charge in [-0.1, -0.05) is 24.3 Å². The zero-order valence-corrected chi connectivity index (χ0v) is 19.1. The monoisotopic (exact) mass is 440 g/mol. The van der Waals surface area contributed by atoms with Crippen molar-refractivity contribution < 1.29 is 9.53 Å². The number of hydrogen-bond donors (Lipinski definition) is 1. The summed E-state index contributed by atoms with van der Waals surface area (Å²) >= 11 is 1.65. The minimum Gasteiger partial charge on any atom is -0.496 e. The second kappa shape index (κ2) is 9.71. The molecule has 4 nitrogen and oxygen atoms in total. The van der Waals surface area contributed by atoms with Gasteiger partial charge in [0.15, 0.2) is 0 Å². The second-order valence-electron chi connectivity index (χ2n) is 7.35. The van der Waals surface area contributed by atoms with Crippen LogP contribution in [0.2, 0.25) is 0 Å². The van der Waals surface area contributed by atoms with Crippen LogP contribution >= 0.6 is 11.8 Å². The molecule has 0 saturated heterocycles. The molecule has 4 rings (SSSR count). The van der Waals surface area contributed by atoms with E-state index < -0.39 is 0 Å². The molecule has 0 atom stereocenters. The Kier molecular flexibility index (Phi) is 6.57. The number of methoxy groups -OCH3 is 1. The third kappa shape index (κ3) is 4.68. The van der Waals surface area contributed by atoms with Crippen LogP contribution in [0.5, 0.6) is 5.75 Å². The van der Waals surface area contributed by atoms with Crippen molar-refractivity contribution >= 4 is 23.4 Å². The lowest BCUT2D eigenvalue weighted by Gasteiger charge is -2.14. The van der Waals surface area contributed by atoms with Crippen molar-refractivity contribution in [1.82, 2.24) is 4.98 Å². The average molecular weight is 441 g/mol. The summed E-state index contributed by atoms with van der Waals surface area (Å²) in [5.41, 5.74) is 6.05. The highest BCUT2D eigenvalue weighted by Crippen LogP contribution is 2.32. The van der Waals surface area contributed by atoms with Crippen molar-refractivity contribution in [3.63, 3.8) is 0 Å². The molecule has 4 aromatic rings. The van der Waals surface area contributed by atoms with Crippen LogP contribution in [0.1, 0.15) is 15.9 Å². The van der Waals surface area contributed by atoms with Crippen LogP contribution < -0.4 is 10.1 Å². The van der Waals surface area contributed by atoms with Crippen LogP contribution in [0.4, 0.5) is 5.69 Å². The Labute approximate surface area is 192 Å². The molecule has 0 aliphatic carbocycles. The predicted molar refractivity (Wildman–Crippen MR) is 133 cm³/mol. The number of pyridine rings is 1. The maximum absolute atomic E-state index is 13.3. The lowest BCUT2D eigenvalue weighted by Crippen LogP contribution is -2.13. The predicted octanol–water partition coefficient (Wildman–Crippen LogP) is 6.71. The van der Waals surface area contributed by atoms with Crippen molar-refractivity contribution in [3.8, 4) is 28.1 Å². The van der Waals surface area contributed by atoms with E-state index in [0.717, 1.165) is 44.3 Å². The van der Waals surface area contributed by atoms with E-state index in [1.807, 2.05) is 79.9 Å². The van der Waals surface area contributed by atoms with Gasteiger partial charge in [0.25, 0.3) is 5.91 Å². The molecule has 0 radical (unpaired) electrons. The number of amides is 1. The lowest BCUT2D eigenvalue weighted by molar-refractivity contribution is 0.102. The summed E-state index contributed by atoms with van der Waals surface area (Å²) in [6, 6.07) is 25.4. The SMILES string of the molecule is COc1ccc(-c2cc(SC)ccc2C(=O)Nc2cccc(-c3ccccn3)c2)cc1C. The molecule has 160 valence electrons. The Hall–Kier alpha value is -3.57. The van der Waals surface area contributed by atoms with E-state index in [1.54, 1.807) is 25.1 Å². The van der Waals surface area contributed by atoms with Crippen LogP contribution in [0.15, 0.2) is 90.0 Å². The summed E-state index contributed by atoms with van der Waals surface area (Å²) in [5, 5.41) is 3.05. The molecule has 1 amide bonds. The van der Waals surface area contributed by atoms with Gasteiger partial charge in [-0.25, -0.2) is 0 Å². The van der Waals surface area contributed by atoms with Crippen LogP contribution in [-0.4, -0.2) is 24.3 Å². The quantitative estimate of drug-likeness (QED) is 0.339. The van der Waals surface area contributed by atoms with Gasteiger partial charge in [0.2, 0.25) is 0 Å². The number of carbonyl (C=O) groups excluding carboxylic acids is 1. The molecule has 0 unspecified atom stereocenters. The summed E-state index contributed by atoms with van der Waals surface area (Å²) in [7, 11) is 1.66. The molecule has 3 aromatic carbocycles. The van der Waals surface area contributed by atoms with Gasteiger partial charge in [-0.2, -0.15) is 0 Å². The van der Waals surface area contributed by atoms with Gasteiger partial charge in [0.1, 0.15) is 5.75 Å². The van der Waals surface area contributed by atoms with Crippen molar-refractivity contribution in [2.75, 3.05) is 18.7 Å². The van der Waals surface area contributed by atoms with E-state index in [9.17, 15) is 4.79 Å². The second-order valence-corrected chi connectivity index (χ2v) is 8.23. The topological polar surface area (TPSA) is 51.2 Å². The Morgan fingerprint density at radius 3 is 2.53 bits per heavy atom. The number of thioether (sulfide) groups is 1. The molecule has 5 heteroatoms. The first kappa shape index (κ1) is 21.7. The van der Waals surface area contributed by atoms with Gasteiger partial charge in [-0.15, -0.1) is 11.8 Å². The third-order valence-electron chi connectivity index (χ3n) is 5.26. The van der Waals surface area contributed by atoms with Crippen LogP contribution in [-0.2, 0) is 0 Å². The first-order chi connectivity index (χ1) is 15.6. The number of carbonyl (C=O) groups is 1. The van der Waals surface area contributed by atoms with E-state index in [4.69, 9.17) is 4.74 Å². The van der Waals surface area contributed by atoms with Crippen LogP contribution in [0.3, 0.4) is 0 Å². The van der Waals surface area contributed by atoms with Crippen molar-refractivity contribution in [1.29, 1.82) is 0 Å². The Bertz CT molecular complexity index is 1260. The van der Waals surface area contributed by atoms with Crippen molar-refractivity contribution in [2.24, 2.45) is 0 Å². The van der Waals surface area contributed by atoms with Gasteiger partial charge in [-0.05, 0) is 84.5 Å². The highest BCUT2D eigenvalue weighted by Gasteiger charge is 2.15. The zero-order chi connectivity index (χ0) is 22.5. The third-order valence-corrected chi connectivity index (χ3v) is 5.98. The maximum Gasteiger partial charge on any atom is 0.256 e. The van der Waals surface area contributed by atoms with Crippen molar-refractivity contribution in [2.45, 2.75) is 11.8 Å². The number of benzene rings is 3. The van der Waals surface area contributed by atoms with Crippen LogP contribution in [0, 0.1) is 6.92 Å². The number of ether oxygens (including phenoxy) is 1. The molecular formula is C27H24N2O2S. The molecule has 32 heavy (non-hydrogen) atoms. The van der Waals surface area contributed by atoms with E-state index in [1.165, 1.54) is 0 Å². The normalized spacial score (nSPS) is 10.6. The fourth-order valence-electron chi connectivity index (χ4n) is 3.62. The number of nitrogens with one attached hydrogen (secondary N) is 1. The summed E-state index contributed by atoms with van der Waals surface area (Å²) in [4.78, 5) is 18.8. The molecule has 1 heterocycles. The van der Waals surface area contributed by atoms with E-state index in [2.05, 4.69) is 22.4 Å². The number of nitrogens with zero attached hydrogens (tertiary/aromatic N) is 1. The lowest BCUT2D eigenvalue weighted by atomic mass is 9.97. The Morgan fingerprint density at radius 1 is 0.938 bits per heavy atom. The molecule has 1 N–H and O–H groups in total. The summed E-state index contributed by atoms with van der Waals surface area (Å²) in [6.07, 6.45) is 3.79. The summed E-state index contributed by atoms with van der Waals surface area (Å²) < 4.78 is 5.40. The standard InChI is InChI=1S/C27H24N2O2S/c1-18-15-19(10-13-26(18)31-2)24-17-22(32-3)11-12-23(24)27(30)29-21-8-6-7-20(16-21)25-9-4-5-14-28-25/h4-17H,1-3H3,(H,29,30). The van der Waals surface area contributed by atoms with Gasteiger partial charge < -0.3 is 10.1 Å². The van der Waals surface area contributed by atoms with Gasteiger partial charge in [0, 0.05) is 27.9 Å². The fraction of sp³-hybridized carbons (Fsp3) is 0.111. The summed E-state index contributed by atoms with van der Waals surface area (Å²) in [6.45, 7) is 2.00. The van der Waals surface area contributed by atoms with Gasteiger partial charge in [0.05, 0.1) is 12.8 Å². The Balaban J connectivity index is 1.68. The molecule has 0 aliphatic heterocycles. The summed E-state index contributed by atoms with van der Waals surface area (Å²) in [5.74, 6) is 0.673. The van der Waals surface area contributed by atoms with Gasteiger partial charge in [-0.3, -0.25) is 9.78 Å². The first-order valence-electron chi connectivity index (χ1n) is 10.2. The highest BCUT2D eigenvalue weighted by atomic mass is 32.2. The number of anilines is 1. The number of aromatic nitrogens is 1. The van der Waals surface area contributed by atoms with Crippen molar-refractivity contribution in [3.05, 3.63) is 96.2 Å². The average Bonchev–Trinajstić information content (AvgIpc) is 2.84. The molecule has 0 saturated carbocycles. The molecule has 0 aliphatic rings.